The van der Waals surface area contributed by atoms with Gasteiger partial charge in [0.2, 0.25) is 5.65 Å². The number of aromatic nitrogens is 3. The second-order valence-corrected chi connectivity index (χ2v) is 5.40. The summed E-state index contributed by atoms with van der Waals surface area (Å²) in [5.74, 6) is 0.960. The second-order valence-electron chi connectivity index (χ2n) is 4.59. The number of halogens is 1. The summed E-state index contributed by atoms with van der Waals surface area (Å²) in [6.07, 6.45) is 3.99. The first-order valence-electron chi connectivity index (χ1n) is 5.69. The number of nitrogens with zero attached hydrogens (tertiary/aromatic N) is 3. The molecular weight excluding hydrogens is 282 g/mol. The molecule has 0 aromatic carbocycles. The number of hydrogen-bond acceptors (Lipinski definition) is 3. The third-order valence-corrected chi connectivity index (χ3v) is 2.72. The molecule has 2 aromatic heterocycles. The van der Waals surface area contributed by atoms with Crippen LogP contribution in [0.3, 0.4) is 0 Å². The van der Waals surface area contributed by atoms with Crippen LogP contribution in [-0.4, -0.2) is 20.5 Å². The number of rotatable bonds is 3. The quantitative estimate of drug-likeness (QED) is 0.872. The Balaban J connectivity index is 2.57. The van der Waals surface area contributed by atoms with E-state index in [1.165, 1.54) is 0 Å². The minimum Gasteiger partial charge on any atom is -0.472 e. The Morgan fingerprint density at radius 3 is 2.47 bits per heavy atom. The molecule has 0 atom stereocenters. The minimum absolute atomic E-state index is 0.0831. The van der Waals surface area contributed by atoms with Crippen LogP contribution < -0.4 is 4.74 Å². The lowest BCUT2D eigenvalue weighted by Gasteiger charge is -2.09. The number of ether oxygens (including phenoxy) is 1. The van der Waals surface area contributed by atoms with Crippen LogP contribution in [0.4, 0.5) is 0 Å². The molecule has 0 bridgehead atoms. The first-order chi connectivity index (χ1) is 7.97. The Bertz CT molecular complexity index is 534. The molecule has 0 fully saturated rings. The van der Waals surface area contributed by atoms with Gasteiger partial charge < -0.3 is 4.74 Å². The molecule has 17 heavy (non-hydrogen) atoms. The third-order valence-electron chi connectivity index (χ3n) is 2.34. The van der Waals surface area contributed by atoms with Crippen LogP contribution in [0.25, 0.3) is 5.65 Å². The highest BCUT2D eigenvalue weighted by atomic mass is 79.9. The minimum atomic E-state index is 0.0831. The summed E-state index contributed by atoms with van der Waals surface area (Å²) < 4.78 is 8.37. The van der Waals surface area contributed by atoms with Crippen molar-refractivity contribution in [1.29, 1.82) is 0 Å². The molecule has 0 N–H and O–H groups in total. The van der Waals surface area contributed by atoms with E-state index in [0.29, 0.717) is 11.8 Å². The Hall–Kier alpha value is -1.10. The second kappa shape index (κ2) is 4.64. The maximum atomic E-state index is 5.68. The predicted molar refractivity (Wildman–Crippen MR) is 70.5 cm³/mol. The number of hydrogen-bond donors (Lipinski definition) is 0. The van der Waals surface area contributed by atoms with E-state index >= 15 is 0 Å². The first kappa shape index (κ1) is 12.4. The average molecular weight is 298 g/mol. The van der Waals surface area contributed by atoms with Gasteiger partial charge in [0, 0.05) is 12.4 Å². The fourth-order valence-electron chi connectivity index (χ4n) is 1.54. The Labute approximate surface area is 109 Å². The van der Waals surface area contributed by atoms with E-state index < -0.39 is 0 Å². The highest BCUT2D eigenvalue weighted by Gasteiger charge is 2.13. The van der Waals surface area contributed by atoms with E-state index in [-0.39, 0.29) is 6.10 Å². The van der Waals surface area contributed by atoms with Gasteiger partial charge in [-0.15, -0.1) is 0 Å². The summed E-state index contributed by atoms with van der Waals surface area (Å²) in [6.45, 7) is 8.19. The zero-order chi connectivity index (χ0) is 12.6. The van der Waals surface area contributed by atoms with Gasteiger partial charge in [0.25, 0.3) is 5.88 Å². The lowest BCUT2D eigenvalue weighted by molar-refractivity contribution is 0.234. The van der Waals surface area contributed by atoms with Crippen molar-refractivity contribution in [3.63, 3.8) is 0 Å². The van der Waals surface area contributed by atoms with Gasteiger partial charge in [-0.05, 0) is 35.7 Å². The Morgan fingerprint density at radius 2 is 1.88 bits per heavy atom. The summed E-state index contributed by atoms with van der Waals surface area (Å²) in [4.78, 5) is 8.89. The lowest BCUT2D eigenvalue weighted by atomic mass is 10.2. The largest absolute Gasteiger partial charge is 0.472 e. The van der Waals surface area contributed by atoms with E-state index in [2.05, 4.69) is 39.7 Å². The van der Waals surface area contributed by atoms with Crippen molar-refractivity contribution in [1.82, 2.24) is 14.4 Å². The Morgan fingerprint density at radius 1 is 1.18 bits per heavy atom. The van der Waals surface area contributed by atoms with E-state index in [1.807, 2.05) is 30.6 Å². The molecule has 4 nitrogen and oxygen atoms in total. The highest BCUT2D eigenvalue weighted by Crippen LogP contribution is 2.23. The molecule has 2 aromatic rings. The van der Waals surface area contributed by atoms with Crippen LogP contribution in [0.15, 0.2) is 17.0 Å². The monoisotopic (exact) mass is 297 g/mol. The molecule has 0 saturated heterocycles. The maximum absolute atomic E-state index is 5.68. The van der Waals surface area contributed by atoms with E-state index in [9.17, 15) is 0 Å². The molecule has 2 rings (SSSR count). The van der Waals surface area contributed by atoms with Crippen molar-refractivity contribution in [2.24, 2.45) is 0 Å². The molecule has 0 unspecified atom stereocenters. The van der Waals surface area contributed by atoms with Crippen LogP contribution in [0.5, 0.6) is 5.88 Å². The van der Waals surface area contributed by atoms with Gasteiger partial charge in [-0.3, -0.25) is 4.40 Å². The van der Waals surface area contributed by atoms with Gasteiger partial charge in [-0.2, -0.15) is 0 Å². The number of fused-ring (bicyclic) bond motifs is 1. The standard InChI is InChI=1S/C12H16BrN3O/c1-7(2)9-5-16-6-10(13)15-12(11(16)14-9)17-8(3)4/h5-8H,1-4H3. The molecule has 0 aliphatic heterocycles. The smallest absolute Gasteiger partial charge is 0.259 e. The maximum Gasteiger partial charge on any atom is 0.259 e. The summed E-state index contributed by atoms with van der Waals surface area (Å²) in [7, 11) is 0. The summed E-state index contributed by atoms with van der Waals surface area (Å²) in [6, 6.07) is 0. The van der Waals surface area contributed by atoms with E-state index in [1.54, 1.807) is 0 Å². The normalized spacial score (nSPS) is 11.7. The van der Waals surface area contributed by atoms with Crippen molar-refractivity contribution in [2.45, 2.75) is 39.7 Å². The molecule has 0 amide bonds. The zero-order valence-electron chi connectivity index (χ0n) is 10.4. The van der Waals surface area contributed by atoms with Crippen molar-refractivity contribution in [3.8, 4) is 5.88 Å². The van der Waals surface area contributed by atoms with Crippen LogP contribution in [0, 0.1) is 0 Å². The van der Waals surface area contributed by atoms with Gasteiger partial charge >= 0.3 is 0 Å². The van der Waals surface area contributed by atoms with Crippen molar-refractivity contribution in [3.05, 3.63) is 22.7 Å². The van der Waals surface area contributed by atoms with Gasteiger partial charge in [0.15, 0.2) is 0 Å². The molecule has 0 radical (unpaired) electrons. The molecule has 5 heteroatoms. The first-order valence-corrected chi connectivity index (χ1v) is 6.48. The third kappa shape index (κ3) is 2.60. The summed E-state index contributed by atoms with van der Waals surface area (Å²) in [5, 5.41) is 0. The van der Waals surface area contributed by atoms with Crippen LogP contribution in [-0.2, 0) is 0 Å². The van der Waals surface area contributed by atoms with Crippen LogP contribution in [0.1, 0.15) is 39.3 Å². The SMILES string of the molecule is CC(C)Oc1nc(Br)cn2cc(C(C)C)nc12. The summed E-state index contributed by atoms with van der Waals surface area (Å²) in [5.41, 5.74) is 1.81. The van der Waals surface area contributed by atoms with Gasteiger partial charge in [-0.25, -0.2) is 9.97 Å². The van der Waals surface area contributed by atoms with Crippen LogP contribution in [0.2, 0.25) is 0 Å². The van der Waals surface area contributed by atoms with E-state index in [4.69, 9.17) is 4.74 Å². The van der Waals surface area contributed by atoms with Crippen molar-refractivity contribution < 1.29 is 4.74 Å². The fourth-order valence-corrected chi connectivity index (χ4v) is 1.92. The van der Waals surface area contributed by atoms with Gasteiger partial charge in [-0.1, -0.05) is 13.8 Å². The molecule has 92 valence electrons. The molecule has 0 spiro atoms. The van der Waals surface area contributed by atoms with Gasteiger partial charge in [0.05, 0.1) is 11.8 Å². The molecule has 0 aliphatic rings. The lowest BCUT2D eigenvalue weighted by Crippen LogP contribution is -2.08. The zero-order valence-corrected chi connectivity index (χ0v) is 12.0. The van der Waals surface area contributed by atoms with Crippen molar-refractivity contribution in [2.75, 3.05) is 0 Å². The Kier molecular flexibility index (Phi) is 3.38. The average Bonchev–Trinajstić information content (AvgIpc) is 2.60. The molecule has 2 heterocycles. The molecular formula is C12H16BrN3O. The van der Waals surface area contributed by atoms with E-state index in [0.717, 1.165) is 15.9 Å². The predicted octanol–water partition coefficient (Wildman–Crippen LogP) is 3.40. The summed E-state index contributed by atoms with van der Waals surface area (Å²) >= 11 is 3.38. The number of imidazole rings is 1. The molecule has 0 saturated carbocycles. The fraction of sp³-hybridized carbons (Fsp3) is 0.500. The van der Waals surface area contributed by atoms with Gasteiger partial charge in [0.1, 0.15) is 4.60 Å². The van der Waals surface area contributed by atoms with Crippen molar-refractivity contribution >= 4 is 21.6 Å². The highest BCUT2D eigenvalue weighted by molar-refractivity contribution is 9.10. The molecule has 0 aliphatic carbocycles. The van der Waals surface area contributed by atoms with Crippen LogP contribution >= 0.6 is 15.9 Å². The topological polar surface area (TPSA) is 39.4 Å².